The summed E-state index contributed by atoms with van der Waals surface area (Å²) in [5, 5.41) is 9.91. The van der Waals surface area contributed by atoms with Gasteiger partial charge in [0.05, 0.1) is 5.60 Å². The molecule has 1 atom stereocenters. The summed E-state index contributed by atoms with van der Waals surface area (Å²) in [4.78, 5) is 0. The van der Waals surface area contributed by atoms with Gasteiger partial charge in [-0.15, -0.1) is 0 Å². The van der Waals surface area contributed by atoms with Crippen LogP contribution in [0.3, 0.4) is 0 Å². The lowest BCUT2D eigenvalue weighted by Gasteiger charge is -2.21. The Morgan fingerprint density at radius 2 is 1.55 bits per heavy atom. The molecule has 0 aliphatic heterocycles. The van der Waals surface area contributed by atoms with Crippen molar-refractivity contribution in [2.75, 3.05) is 6.61 Å². The van der Waals surface area contributed by atoms with Gasteiger partial charge in [-0.25, -0.2) is 0 Å². The summed E-state index contributed by atoms with van der Waals surface area (Å²) in [6, 6.07) is 18.5. The Kier molecular flexibility index (Phi) is 4.80. The first-order chi connectivity index (χ1) is 9.59. The molecule has 0 aromatic heterocycles. The second kappa shape index (κ2) is 6.58. The lowest BCUT2D eigenvalue weighted by atomic mass is 10.0. The lowest BCUT2D eigenvalue weighted by Crippen LogP contribution is -2.31. The largest absolute Gasteiger partial charge is 0.491 e. The lowest BCUT2D eigenvalue weighted by molar-refractivity contribution is 0.00847. The van der Waals surface area contributed by atoms with Crippen LogP contribution in [0.2, 0.25) is 0 Å². The molecule has 0 saturated carbocycles. The Morgan fingerprint density at radius 1 is 0.950 bits per heavy atom. The number of aliphatic hydroxyl groups is 1. The van der Waals surface area contributed by atoms with Gasteiger partial charge in [0.25, 0.3) is 0 Å². The van der Waals surface area contributed by atoms with Crippen LogP contribution in [-0.4, -0.2) is 17.3 Å². The summed E-state index contributed by atoms with van der Waals surface area (Å²) in [6.45, 7) is 4.06. The number of hydrogen-bond acceptors (Lipinski definition) is 2. The summed E-state index contributed by atoms with van der Waals surface area (Å²) in [6.07, 6.45) is 1.60. The number of rotatable bonds is 6. The molecule has 2 rings (SSSR count). The molecular formula is C18H22O2. The predicted molar refractivity (Wildman–Crippen MR) is 82.1 cm³/mol. The Balaban J connectivity index is 1.93. The number of ether oxygens (including phenoxy) is 1. The van der Waals surface area contributed by atoms with E-state index in [-0.39, 0.29) is 0 Å². The maximum absolute atomic E-state index is 9.91. The van der Waals surface area contributed by atoms with Crippen LogP contribution in [0.4, 0.5) is 0 Å². The molecule has 106 valence electrons. The van der Waals surface area contributed by atoms with Crippen molar-refractivity contribution in [2.45, 2.75) is 32.3 Å². The summed E-state index contributed by atoms with van der Waals surface area (Å²) in [5.74, 6) is 0.801. The molecule has 0 fully saturated rings. The predicted octanol–water partition coefficient (Wildman–Crippen LogP) is 3.82. The minimum Gasteiger partial charge on any atom is -0.491 e. The van der Waals surface area contributed by atoms with Crippen molar-refractivity contribution >= 4 is 0 Å². The van der Waals surface area contributed by atoms with Crippen molar-refractivity contribution in [1.82, 2.24) is 0 Å². The summed E-state index contributed by atoms with van der Waals surface area (Å²) in [5.41, 5.74) is 1.80. The van der Waals surface area contributed by atoms with Crippen molar-refractivity contribution < 1.29 is 9.84 Å². The summed E-state index contributed by atoms with van der Waals surface area (Å²) >= 11 is 0. The highest BCUT2D eigenvalue weighted by molar-refractivity contribution is 5.31. The van der Waals surface area contributed by atoms with E-state index in [0.717, 1.165) is 12.2 Å². The smallest absolute Gasteiger partial charge is 0.119 e. The van der Waals surface area contributed by atoms with Gasteiger partial charge in [0.15, 0.2) is 0 Å². The fraction of sp³-hybridized carbons (Fsp3) is 0.333. The van der Waals surface area contributed by atoms with Crippen LogP contribution in [-0.2, 0) is 6.42 Å². The van der Waals surface area contributed by atoms with Gasteiger partial charge in [-0.1, -0.05) is 49.4 Å². The van der Waals surface area contributed by atoms with Gasteiger partial charge in [0, 0.05) is 0 Å². The van der Waals surface area contributed by atoms with Gasteiger partial charge in [0.2, 0.25) is 0 Å². The van der Waals surface area contributed by atoms with Crippen LogP contribution in [0.15, 0.2) is 54.6 Å². The Hall–Kier alpha value is -1.80. The average molecular weight is 270 g/mol. The number of hydrogen-bond donors (Lipinski definition) is 1. The second-order valence-corrected chi connectivity index (χ2v) is 5.45. The van der Waals surface area contributed by atoms with E-state index in [2.05, 4.69) is 36.4 Å². The third-order valence-electron chi connectivity index (χ3n) is 3.49. The van der Waals surface area contributed by atoms with Gasteiger partial charge >= 0.3 is 0 Å². The van der Waals surface area contributed by atoms with Gasteiger partial charge in [0.1, 0.15) is 12.4 Å². The van der Waals surface area contributed by atoms with Crippen LogP contribution in [0.25, 0.3) is 0 Å². The van der Waals surface area contributed by atoms with Crippen molar-refractivity contribution in [1.29, 1.82) is 0 Å². The first kappa shape index (κ1) is 14.6. The Bertz CT molecular complexity index is 515. The zero-order valence-electron chi connectivity index (χ0n) is 12.2. The van der Waals surface area contributed by atoms with E-state index in [4.69, 9.17) is 4.74 Å². The van der Waals surface area contributed by atoms with E-state index < -0.39 is 5.60 Å². The molecule has 2 nitrogen and oxygen atoms in total. The van der Waals surface area contributed by atoms with Gasteiger partial charge in [-0.3, -0.25) is 0 Å². The summed E-state index contributed by atoms with van der Waals surface area (Å²) in [7, 11) is 0. The van der Waals surface area contributed by atoms with Crippen LogP contribution in [0, 0.1) is 0 Å². The van der Waals surface area contributed by atoms with E-state index in [1.807, 2.05) is 25.1 Å². The van der Waals surface area contributed by atoms with Crippen molar-refractivity contribution in [2.24, 2.45) is 0 Å². The molecule has 0 bridgehead atoms. The highest BCUT2D eigenvalue weighted by atomic mass is 16.5. The van der Waals surface area contributed by atoms with Crippen molar-refractivity contribution in [3.05, 3.63) is 65.7 Å². The molecule has 2 aromatic rings. The van der Waals surface area contributed by atoms with Crippen molar-refractivity contribution in [3.63, 3.8) is 0 Å². The van der Waals surface area contributed by atoms with Gasteiger partial charge in [-0.2, -0.15) is 0 Å². The maximum atomic E-state index is 9.91. The zero-order chi connectivity index (χ0) is 14.4. The van der Waals surface area contributed by atoms with E-state index in [1.54, 1.807) is 6.92 Å². The van der Waals surface area contributed by atoms with E-state index in [1.165, 1.54) is 11.1 Å². The normalized spacial score (nSPS) is 13.8. The molecule has 20 heavy (non-hydrogen) atoms. The van der Waals surface area contributed by atoms with Crippen molar-refractivity contribution in [3.8, 4) is 5.75 Å². The standard InChI is InChI=1S/C18H22O2/c1-3-18(2,19)14-20-17-11-9-16(10-12-17)13-15-7-5-4-6-8-15/h4-12,19H,3,13-14H2,1-2H3. The zero-order valence-corrected chi connectivity index (χ0v) is 12.2. The SMILES string of the molecule is CCC(C)(O)COc1ccc(Cc2ccccc2)cc1. The maximum Gasteiger partial charge on any atom is 0.119 e. The molecule has 0 aliphatic carbocycles. The monoisotopic (exact) mass is 270 g/mol. The first-order valence-electron chi connectivity index (χ1n) is 7.07. The molecule has 0 aliphatic rings. The van der Waals surface area contributed by atoms with E-state index in [0.29, 0.717) is 13.0 Å². The molecule has 2 aromatic carbocycles. The van der Waals surface area contributed by atoms with Gasteiger partial charge in [-0.05, 0) is 43.0 Å². The molecule has 2 heteroatoms. The minimum atomic E-state index is -0.761. The molecule has 1 unspecified atom stereocenters. The topological polar surface area (TPSA) is 29.5 Å². The number of benzene rings is 2. The highest BCUT2D eigenvalue weighted by Gasteiger charge is 2.18. The minimum absolute atomic E-state index is 0.321. The van der Waals surface area contributed by atoms with E-state index in [9.17, 15) is 5.11 Å². The molecule has 0 heterocycles. The Morgan fingerprint density at radius 3 is 2.15 bits per heavy atom. The third-order valence-corrected chi connectivity index (χ3v) is 3.49. The molecule has 0 amide bonds. The fourth-order valence-corrected chi connectivity index (χ4v) is 1.88. The molecule has 0 spiro atoms. The van der Waals surface area contributed by atoms with Crippen LogP contribution in [0.5, 0.6) is 5.75 Å². The molecule has 0 radical (unpaired) electrons. The third kappa shape index (κ3) is 4.39. The second-order valence-electron chi connectivity index (χ2n) is 5.45. The molecule has 1 N–H and O–H groups in total. The van der Waals surface area contributed by atoms with E-state index >= 15 is 0 Å². The molecular weight excluding hydrogens is 248 g/mol. The fourth-order valence-electron chi connectivity index (χ4n) is 1.88. The van der Waals surface area contributed by atoms with Crippen LogP contribution in [0.1, 0.15) is 31.4 Å². The average Bonchev–Trinajstić information content (AvgIpc) is 2.48. The van der Waals surface area contributed by atoms with Crippen LogP contribution >= 0.6 is 0 Å². The quantitative estimate of drug-likeness (QED) is 0.864. The van der Waals surface area contributed by atoms with Gasteiger partial charge < -0.3 is 9.84 Å². The molecule has 0 saturated heterocycles. The Labute approximate surface area is 121 Å². The first-order valence-corrected chi connectivity index (χ1v) is 7.07. The highest BCUT2D eigenvalue weighted by Crippen LogP contribution is 2.17. The van der Waals surface area contributed by atoms with Crippen LogP contribution < -0.4 is 4.74 Å². The summed E-state index contributed by atoms with van der Waals surface area (Å²) < 4.78 is 5.62.